The van der Waals surface area contributed by atoms with Crippen molar-refractivity contribution in [3.05, 3.63) is 23.8 Å². The number of ketones is 1. The normalized spacial score (nSPS) is 41.2. The van der Waals surface area contributed by atoms with E-state index in [1.165, 1.54) is 0 Å². The average molecular weight is 566 g/mol. The van der Waals surface area contributed by atoms with Crippen LogP contribution in [0.4, 0.5) is 0 Å². The second-order valence-corrected chi connectivity index (χ2v) is 12.0. The van der Waals surface area contributed by atoms with Gasteiger partial charge >= 0.3 is 5.97 Å². The molecule has 0 aromatic heterocycles. The number of aliphatic hydroxyl groups excluding tert-OH is 2. The van der Waals surface area contributed by atoms with Crippen molar-refractivity contribution >= 4 is 18.0 Å². The Bertz CT molecular complexity index is 902. The predicted molar refractivity (Wildman–Crippen MR) is 152 cm³/mol. The first-order chi connectivity index (χ1) is 18.8. The molecular formula is C31H51NO8. The van der Waals surface area contributed by atoms with Gasteiger partial charge in [0.25, 0.3) is 0 Å². The van der Waals surface area contributed by atoms with Crippen LogP contribution in [0.3, 0.4) is 0 Å². The summed E-state index contributed by atoms with van der Waals surface area (Å²) in [7, 11) is 3.76. The summed E-state index contributed by atoms with van der Waals surface area (Å²) < 4.78 is 18.2. The minimum absolute atomic E-state index is 0.0796. The second kappa shape index (κ2) is 15.9. The highest BCUT2D eigenvalue weighted by atomic mass is 16.7. The molecule has 0 bridgehead atoms. The minimum atomic E-state index is -1.14. The number of cyclic esters (lactones) is 1. The first kappa shape index (κ1) is 34.3. The number of nitrogens with zero attached hydrogens (tertiary/aromatic N) is 1. The van der Waals surface area contributed by atoms with Gasteiger partial charge in [-0.2, -0.15) is 0 Å². The van der Waals surface area contributed by atoms with Crippen molar-refractivity contribution in [1.29, 1.82) is 0 Å². The molecule has 2 aliphatic rings. The molecule has 0 radical (unpaired) electrons. The van der Waals surface area contributed by atoms with Crippen LogP contribution < -0.4 is 0 Å². The van der Waals surface area contributed by atoms with E-state index in [-0.39, 0.29) is 42.8 Å². The Kier molecular flexibility index (Phi) is 13.6. The minimum Gasteiger partial charge on any atom is -0.462 e. The number of carbonyl (C=O) groups excluding carboxylic acids is 3. The van der Waals surface area contributed by atoms with E-state index in [2.05, 4.69) is 0 Å². The van der Waals surface area contributed by atoms with Crippen LogP contribution in [0, 0.1) is 23.7 Å². The highest BCUT2D eigenvalue weighted by Gasteiger charge is 2.43. The van der Waals surface area contributed by atoms with Crippen LogP contribution in [-0.4, -0.2) is 90.1 Å². The quantitative estimate of drug-likeness (QED) is 0.368. The van der Waals surface area contributed by atoms with Gasteiger partial charge in [0.1, 0.15) is 18.5 Å². The Balaban J connectivity index is 2.48. The number of aliphatic hydroxyl groups is 2. The number of ether oxygens (including phenoxy) is 3. The SMILES string of the molecule is CCC1OC(=O)CC(O)C(C)C(O[C@@H]2O[C@H](C)C[C@H](N(C)C)[C@H]2O)C(CC=O)CC(C)C(=O)/C=C\C(C)=C\C1C. The van der Waals surface area contributed by atoms with Gasteiger partial charge in [-0.25, -0.2) is 0 Å². The lowest BCUT2D eigenvalue weighted by Crippen LogP contribution is -2.56. The summed E-state index contributed by atoms with van der Waals surface area (Å²) in [6.45, 7) is 11.3. The van der Waals surface area contributed by atoms with Crippen LogP contribution in [0.2, 0.25) is 0 Å². The van der Waals surface area contributed by atoms with Crippen molar-refractivity contribution in [1.82, 2.24) is 4.90 Å². The fourth-order valence-electron chi connectivity index (χ4n) is 5.84. The zero-order chi connectivity index (χ0) is 30.1. The molecule has 0 amide bonds. The van der Waals surface area contributed by atoms with Gasteiger partial charge in [-0.15, -0.1) is 0 Å². The van der Waals surface area contributed by atoms with Crippen molar-refractivity contribution in [3.8, 4) is 0 Å². The van der Waals surface area contributed by atoms with Crippen LogP contribution >= 0.6 is 0 Å². The summed E-state index contributed by atoms with van der Waals surface area (Å²) in [4.78, 5) is 39.7. The van der Waals surface area contributed by atoms with Gasteiger partial charge in [-0.05, 0) is 59.2 Å². The number of hydrogen-bond donors (Lipinski definition) is 2. The molecule has 2 aliphatic heterocycles. The molecule has 2 rings (SSSR count). The van der Waals surface area contributed by atoms with Gasteiger partial charge in [-0.1, -0.05) is 45.4 Å². The lowest BCUT2D eigenvalue weighted by Gasteiger charge is -2.44. The summed E-state index contributed by atoms with van der Waals surface area (Å²) in [5.41, 5.74) is 0.877. The lowest BCUT2D eigenvalue weighted by molar-refractivity contribution is -0.283. The molecule has 228 valence electrons. The zero-order valence-electron chi connectivity index (χ0n) is 25.5. The van der Waals surface area contributed by atoms with Gasteiger partial charge in [0.15, 0.2) is 12.1 Å². The number of carbonyl (C=O) groups is 3. The molecule has 11 atom stereocenters. The van der Waals surface area contributed by atoms with Crippen LogP contribution in [-0.2, 0) is 28.6 Å². The molecule has 9 heteroatoms. The maximum atomic E-state index is 13.1. The van der Waals surface area contributed by atoms with E-state index in [9.17, 15) is 24.6 Å². The smallest absolute Gasteiger partial charge is 0.308 e. The zero-order valence-corrected chi connectivity index (χ0v) is 25.5. The summed E-state index contributed by atoms with van der Waals surface area (Å²) in [6.07, 6.45) is 2.94. The summed E-state index contributed by atoms with van der Waals surface area (Å²) in [5, 5.41) is 22.3. The first-order valence-electron chi connectivity index (χ1n) is 14.7. The number of aldehydes is 1. The molecular weight excluding hydrogens is 514 g/mol. The monoisotopic (exact) mass is 565 g/mol. The molecule has 0 aliphatic carbocycles. The van der Waals surface area contributed by atoms with Crippen LogP contribution in [0.5, 0.6) is 0 Å². The van der Waals surface area contributed by atoms with Crippen LogP contribution in [0.1, 0.15) is 73.6 Å². The van der Waals surface area contributed by atoms with Crippen molar-refractivity contribution < 1.29 is 38.8 Å². The van der Waals surface area contributed by atoms with Gasteiger partial charge in [-0.3, -0.25) is 9.59 Å². The number of rotatable bonds is 6. The molecule has 0 spiro atoms. The van der Waals surface area contributed by atoms with E-state index in [4.69, 9.17) is 14.2 Å². The lowest BCUT2D eigenvalue weighted by atomic mass is 9.79. The standard InChI is InChI=1S/C31H51NO8/c1-9-27-20(4)14-18(2)10-11-25(34)19(3)15-23(12-13-33)30(22(6)26(35)17-28(36)39-27)40-31-29(37)24(32(7)8)16-21(5)38-31/h10-11,13-14,19-24,26-27,29-31,35,37H,9,12,15-17H2,1-8H3/b11-10-,18-14+/t19?,20?,21-,22?,23?,24+,26?,27?,29-,30?,31+/m1/s1. The summed E-state index contributed by atoms with van der Waals surface area (Å²) in [5.74, 6) is -2.20. The number of allylic oxidation sites excluding steroid dienone is 3. The predicted octanol–water partition coefficient (Wildman–Crippen LogP) is 3.46. The van der Waals surface area contributed by atoms with E-state index >= 15 is 0 Å². The molecule has 9 nitrogen and oxygen atoms in total. The van der Waals surface area contributed by atoms with E-state index in [0.29, 0.717) is 19.3 Å². The third kappa shape index (κ3) is 9.58. The van der Waals surface area contributed by atoms with Crippen molar-refractivity contribution in [3.63, 3.8) is 0 Å². The Morgan fingerprint density at radius 3 is 2.38 bits per heavy atom. The number of esters is 1. The third-order valence-electron chi connectivity index (χ3n) is 8.38. The van der Waals surface area contributed by atoms with Gasteiger partial charge in [0, 0.05) is 30.2 Å². The fourth-order valence-corrected chi connectivity index (χ4v) is 5.84. The summed E-state index contributed by atoms with van der Waals surface area (Å²) in [6, 6.07) is -0.213. The Morgan fingerprint density at radius 2 is 1.77 bits per heavy atom. The maximum Gasteiger partial charge on any atom is 0.308 e. The highest BCUT2D eigenvalue weighted by molar-refractivity contribution is 5.91. The number of hydrogen-bond acceptors (Lipinski definition) is 9. The van der Waals surface area contributed by atoms with Gasteiger partial charge < -0.3 is 34.1 Å². The van der Waals surface area contributed by atoms with Crippen LogP contribution in [0.15, 0.2) is 23.8 Å². The van der Waals surface area contributed by atoms with Gasteiger partial charge in [0.05, 0.1) is 24.7 Å². The van der Waals surface area contributed by atoms with Crippen molar-refractivity contribution in [2.75, 3.05) is 14.1 Å². The van der Waals surface area contributed by atoms with E-state index < -0.39 is 48.3 Å². The number of likely N-dealkylation sites (N-methyl/N-ethyl adjacent to an activating group) is 1. The Labute approximate surface area is 239 Å². The molecule has 1 fully saturated rings. The molecule has 0 aromatic rings. The average Bonchev–Trinajstić information content (AvgIpc) is 2.88. The Hall–Kier alpha value is -1.91. The fraction of sp³-hybridized carbons (Fsp3) is 0.774. The van der Waals surface area contributed by atoms with Crippen molar-refractivity contribution in [2.45, 2.75) is 116 Å². The Morgan fingerprint density at radius 1 is 1.10 bits per heavy atom. The second-order valence-electron chi connectivity index (χ2n) is 12.0. The van der Waals surface area contributed by atoms with Crippen LogP contribution in [0.25, 0.3) is 0 Å². The van der Waals surface area contributed by atoms with E-state index in [1.807, 2.05) is 59.7 Å². The molecule has 40 heavy (non-hydrogen) atoms. The molecule has 7 unspecified atom stereocenters. The molecule has 0 saturated carbocycles. The van der Waals surface area contributed by atoms with Gasteiger partial charge in [0.2, 0.25) is 0 Å². The maximum absolute atomic E-state index is 13.1. The van der Waals surface area contributed by atoms with E-state index in [1.54, 1.807) is 19.1 Å². The molecule has 0 aromatic carbocycles. The largest absolute Gasteiger partial charge is 0.462 e. The topological polar surface area (TPSA) is 123 Å². The van der Waals surface area contributed by atoms with E-state index in [0.717, 1.165) is 11.9 Å². The highest BCUT2D eigenvalue weighted by Crippen LogP contribution is 2.34. The first-order valence-corrected chi connectivity index (χ1v) is 14.7. The third-order valence-corrected chi connectivity index (χ3v) is 8.38. The molecule has 2 N–H and O–H groups in total. The van der Waals surface area contributed by atoms with Crippen molar-refractivity contribution in [2.24, 2.45) is 23.7 Å². The molecule has 1 saturated heterocycles. The molecule has 2 heterocycles. The summed E-state index contributed by atoms with van der Waals surface area (Å²) >= 11 is 0.